The molecule has 1 amide bonds. The number of aryl methyl sites for hydroxylation is 1. The Morgan fingerprint density at radius 3 is 2.42 bits per heavy atom. The molecule has 6 rings (SSSR count). The lowest BCUT2D eigenvalue weighted by atomic mass is 9.99. The number of hydrogen-bond acceptors (Lipinski definition) is 10. The van der Waals surface area contributed by atoms with Gasteiger partial charge in [-0.05, 0) is 94.7 Å². The maximum Gasteiger partial charge on any atom is 0.410 e. The number of hydrogen-bond donors (Lipinski definition) is 0. The van der Waals surface area contributed by atoms with Gasteiger partial charge in [0.15, 0.2) is 17.1 Å². The van der Waals surface area contributed by atoms with Crippen molar-refractivity contribution in [1.29, 1.82) is 0 Å². The van der Waals surface area contributed by atoms with Crippen molar-refractivity contribution in [3.05, 3.63) is 63.8 Å². The van der Waals surface area contributed by atoms with Gasteiger partial charge in [0.05, 0.1) is 29.6 Å². The van der Waals surface area contributed by atoms with Crippen LogP contribution in [-0.2, 0) is 9.53 Å². The number of carbonyl (C=O) groups is 2. The van der Waals surface area contributed by atoms with E-state index in [1.165, 1.54) is 14.0 Å². The number of anilines is 1. The van der Waals surface area contributed by atoms with Crippen LogP contribution in [-0.4, -0.2) is 74.9 Å². The highest BCUT2D eigenvalue weighted by molar-refractivity contribution is 5.93. The minimum absolute atomic E-state index is 0.00615. The number of carbonyl (C=O) groups excluding carboxylic acids is 2. The second-order valence-electron chi connectivity index (χ2n) is 14.5. The summed E-state index contributed by atoms with van der Waals surface area (Å²) in [6.07, 6.45) is 3.33. The molecule has 1 saturated carbocycles. The third kappa shape index (κ3) is 6.75. The smallest absolute Gasteiger partial charge is 0.410 e. The molecule has 1 atom stereocenters. The summed E-state index contributed by atoms with van der Waals surface area (Å²) in [6, 6.07) is 9.24. The van der Waals surface area contributed by atoms with Gasteiger partial charge in [-0.25, -0.2) is 19.1 Å². The number of methoxy groups -OCH3 is 1. The lowest BCUT2D eigenvalue weighted by Gasteiger charge is -2.41. The maximum absolute atomic E-state index is 14.4. The van der Waals surface area contributed by atoms with Crippen LogP contribution in [0, 0.1) is 6.92 Å². The van der Waals surface area contributed by atoms with E-state index < -0.39 is 17.3 Å². The summed E-state index contributed by atoms with van der Waals surface area (Å²) in [5.74, 6) is 0.922. The van der Waals surface area contributed by atoms with Gasteiger partial charge >= 0.3 is 17.8 Å². The van der Waals surface area contributed by atoms with Crippen LogP contribution in [0.25, 0.3) is 28.0 Å². The fourth-order valence-corrected chi connectivity index (χ4v) is 6.65. The van der Waals surface area contributed by atoms with E-state index in [-0.39, 0.29) is 29.7 Å². The molecule has 264 valence electrons. The SMILES string of the molecule is COc1cccc(-c2nc3c(cc2C2CC2)c(N2CCN(C(=O)OC(C)(C)C)C[C@@H]2C)nc(=O)n3-c2c(C)ccnc2C(C)C)c1OC(C)=O. The van der Waals surface area contributed by atoms with Gasteiger partial charge in [0.2, 0.25) is 0 Å². The van der Waals surface area contributed by atoms with Crippen molar-refractivity contribution in [2.24, 2.45) is 0 Å². The standard InChI is InChI=1S/C38H46N6O6/c1-21(2)30-32(22(3)15-16-39-30)44-35-28(34(41-36(44)46)43-18-17-42(20-23(43)4)37(47)50-38(6,7)8)19-27(25-13-14-25)31(40-35)26-11-10-12-29(48-9)33(26)49-24(5)45/h10-12,15-16,19,21,23,25H,13-14,17-18,20H2,1-9H3/t23-/m0/s1. The highest BCUT2D eigenvalue weighted by Crippen LogP contribution is 2.48. The number of nitrogens with zero attached hydrogens (tertiary/aromatic N) is 6. The van der Waals surface area contributed by atoms with Crippen LogP contribution >= 0.6 is 0 Å². The van der Waals surface area contributed by atoms with E-state index in [9.17, 15) is 14.4 Å². The third-order valence-electron chi connectivity index (χ3n) is 9.07. The lowest BCUT2D eigenvalue weighted by Crippen LogP contribution is -2.55. The first-order valence-electron chi connectivity index (χ1n) is 17.2. The monoisotopic (exact) mass is 682 g/mol. The zero-order valence-electron chi connectivity index (χ0n) is 30.4. The molecular formula is C38H46N6O6. The van der Waals surface area contributed by atoms with Crippen LogP contribution in [0.4, 0.5) is 10.6 Å². The van der Waals surface area contributed by atoms with Crippen molar-refractivity contribution < 1.29 is 23.8 Å². The van der Waals surface area contributed by atoms with Gasteiger partial charge < -0.3 is 24.0 Å². The van der Waals surface area contributed by atoms with E-state index in [2.05, 4.69) is 11.0 Å². The molecule has 1 saturated heterocycles. The normalized spacial score (nSPS) is 16.6. The first-order chi connectivity index (χ1) is 23.7. The summed E-state index contributed by atoms with van der Waals surface area (Å²) >= 11 is 0. The second-order valence-corrected chi connectivity index (χ2v) is 14.5. The Morgan fingerprint density at radius 1 is 1.06 bits per heavy atom. The van der Waals surface area contributed by atoms with E-state index in [0.29, 0.717) is 59.2 Å². The first-order valence-corrected chi connectivity index (χ1v) is 17.2. The summed E-state index contributed by atoms with van der Waals surface area (Å²) in [7, 11) is 1.53. The fourth-order valence-electron chi connectivity index (χ4n) is 6.65. The molecule has 2 aliphatic rings. The highest BCUT2D eigenvalue weighted by atomic mass is 16.6. The summed E-state index contributed by atoms with van der Waals surface area (Å²) < 4.78 is 18.6. The molecule has 1 aliphatic heterocycles. The van der Waals surface area contributed by atoms with E-state index in [1.807, 2.05) is 66.7 Å². The van der Waals surface area contributed by atoms with Gasteiger partial charge in [0.25, 0.3) is 0 Å². The topological polar surface area (TPSA) is 129 Å². The molecule has 3 aromatic heterocycles. The Bertz CT molecular complexity index is 2030. The molecule has 0 radical (unpaired) electrons. The quantitative estimate of drug-likeness (QED) is 0.157. The van der Waals surface area contributed by atoms with Crippen molar-refractivity contribution in [2.45, 2.75) is 91.7 Å². The van der Waals surface area contributed by atoms with Crippen LogP contribution in [0.5, 0.6) is 11.5 Å². The average molecular weight is 683 g/mol. The number of para-hydroxylation sites is 1. The highest BCUT2D eigenvalue weighted by Gasteiger charge is 2.35. The number of ether oxygens (including phenoxy) is 3. The number of amides is 1. The zero-order chi connectivity index (χ0) is 36.1. The summed E-state index contributed by atoms with van der Waals surface area (Å²) in [5.41, 5.74) is 3.73. The lowest BCUT2D eigenvalue weighted by molar-refractivity contribution is -0.131. The van der Waals surface area contributed by atoms with Crippen molar-refractivity contribution in [3.63, 3.8) is 0 Å². The van der Waals surface area contributed by atoms with Crippen LogP contribution in [0.15, 0.2) is 41.3 Å². The summed E-state index contributed by atoms with van der Waals surface area (Å²) in [4.78, 5) is 58.3. The van der Waals surface area contributed by atoms with E-state index >= 15 is 0 Å². The Morgan fingerprint density at radius 2 is 1.80 bits per heavy atom. The van der Waals surface area contributed by atoms with Crippen molar-refractivity contribution in [2.75, 3.05) is 31.6 Å². The van der Waals surface area contributed by atoms with Crippen molar-refractivity contribution >= 4 is 28.9 Å². The van der Waals surface area contributed by atoms with Gasteiger partial charge in [-0.2, -0.15) is 4.98 Å². The predicted molar refractivity (Wildman–Crippen MR) is 192 cm³/mol. The fraction of sp³-hybridized carbons (Fsp3) is 0.474. The first kappa shape index (κ1) is 34.8. The van der Waals surface area contributed by atoms with Crippen molar-refractivity contribution in [3.8, 4) is 28.4 Å². The predicted octanol–water partition coefficient (Wildman–Crippen LogP) is 6.53. The number of esters is 1. The van der Waals surface area contributed by atoms with Gasteiger partial charge in [-0.15, -0.1) is 0 Å². The van der Waals surface area contributed by atoms with Gasteiger partial charge in [0.1, 0.15) is 11.4 Å². The maximum atomic E-state index is 14.4. The van der Waals surface area contributed by atoms with Crippen LogP contribution < -0.4 is 20.1 Å². The molecule has 0 N–H and O–H groups in total. The van der Waals surface area contributed by atoms with Crippen LogP contribution in [0.1, 0.15) is 90.0 Å². The Balaban J connectivity index is 1.62. The largest absolute Gasteiger partial charge is 0.493 e. The molecule has 4 heterocycles. The van der Waals surface area contributed by atoms with Gasteiger partial charge in [-0.1, -0.05) is 19.9 Å². The third-order valence-corrected chi connectivity index (χ3v) is 9.07. The molecule has 1 aliphatic carbocycles. The number of fused-ring (bicyclic) bond motifs is 1. The number of rotatable bonds is 7. The molecular weight excluding hydrogens is 636 g/mol. The minimum Gasteiger partial charge on any atom is -0.493 e. The van der Waals surface area contributed by atoms with E-state index in [0.717, 1.165) is 29.7 Å². The Labute approximate surface area is 292 Å². The molecule has 4 aromatic rings. The molecule has 2 fully saturated rings. The number of aromatic nitrogens is 4. The molecule has 12 heteroatoms. The molecule has 1 aromatic carbocycles. The molecule has 12 nitrogen and oxygen atoms in total. The molecule has 50 heavy (non-hydrogen) atoms. The van der Waals surface area contributed by atoms with Crippen molar-refractivity contribution in [1.82, 2.24) is 24.4 Å². The summed E-state index contributed by atoms with van der Waals surface area (Å²) in [5, 5.41) is 0.711. The zero-order valence-corrected chi connectivity index (χ0v) is 30.4. The van der Waals surface area contributed by atoms with E-state index in [1.54, 1.807) is 21.7 Å². The second kappa shape index (κ2) is 13.4. The minimum atomic E-state index is -0.611. The number of benzene rings is 1. The Kier molecular flexibility index (Phi) is 9.32. The molecule has 0 spiro atoms. The molecule has 0 bridgehead atoms. The van der Waals surface area contributed by atoms with Gasteiger partial charge in [-0.3, -0.25) is 9.78 Å². The number of pyridine rings is 2. The van der Waals surface area contributed by atoms with Crippen LogP contribution in [0.2, 0.25) is 0 Å². The molecule has 0 unspecified atom stereocenters. The average Bonchev–Trinajstić information content (AvgIpc) is 3.89. The van der Waals surface area contributed by atoms with Gasteiger partial charge in [0, 0.05) is 44.4 Å². The van der Waals surface area contributed by atoms with Crippen LogP contribution in [0.3, 0.4) is 0 Å². The Hall–Kier alpha value is -5.00. The number of piperazine rings is 1. The summed E-state index contributed by atoms with van der Waals surface area (Å²) in [6.45, 7) is 16.2. The van der Waals surface area contributed by atoms with E-state index in [4.69, 9.17) is 29.2 Å².